The molecule has 8 nitrogen and oxygen atoms in total. The van der Waals surface area contributed by atoms with E-state index in [1.165, 1.54) is 12.1 Å². The molecule has 1 N–H and O–H groups in total. The molecule has 0 spiro atoms. The number of fused-ring (bicyclic) bond motifs is 1. The van der Waals surface area contributed by atoms with E-state index in [1.807, 2.05) is 54.6 Å². The zero-order chi connectivity index (χ0) is 29.7. The third-order valence-electron chi connectivity index (χ3n) is 7.90. The molecule has 1 aliphatic heterocycles. The van der Waals surface area contributed by atoms with Crippen LogP contribution in [0.15, 0.2) is 88.2 Å². The molecule has 3 amide bonds. The Morgan fingerprint density at radius 3 is 2.29 bits per heavy atom. The maximum atomic E-state index is 13.9. The Balaban J connectivity index is 1.37. The molecule has 0 saturated heterocycles. The van der Waals surface area contributed by atoms with Gasteiger partial charge in [0.25, 0.3) is 15.9 Å². The van der Waals surface area contributed by atoms with Gasteiger partial charge < -0.3 is 10.2 Å². The number of carbonyl (C=O) groups is 3. The first-order chi connectivity index (χ1) is 20.2. The van der Waals surface area contributed by atoms with Crippen molar-refractivity contribution in [2.75, 3.05) is 6.54 Å². The van der Waals surface area contributed by atoms with Gasteiger partial charge in [-0.25, -0.2) is 12.7 Å². The molecule has 0 radical (unpaired) electrons. The van der Waals surface area contributed by atoms with Gasteiger partial charge in [0, 0.05) is 36.4 Å². The molecule has 0 bridgehead atoms. The number of amides is 3. The standard InChI is InChI=1S/C32H34BrN3O5S/c33-25-18-16-24(17-19-25)22-35(28(21-23-9-2-1-3-10-23)31(38)34-26-11-4-5-12-26)30(37)15-8-20-36-32(39)27-13-6-7-14-29(27)42(36,40)41/h1-3,6-7,9-10,13-14,16-19,26,28H,4-5,8,11-12,15,20-22H2,(H,34,38)/t28-/m0/s1. The molecule has 1 heterocycles. The number of benzene rings is 3. The van der Waals surface area contributed by atoms with Crippen molar-refractivity contribution in [2.45, 2.75) is 68.5 Å². The van der Waals surface area contributed by atoms with Gasteiger partial charge in [-0.15, -0.1) is 0 Å². The molecular weight excluding hydrogens is 618 g/mol. The van der Waals surface area contributed by atoms with E-state index in [-0.39, 0.29) is 54.2 Å². The Bertz CT molecular complexity index is 1540. The van der Waals surface area contributed by atoms with Crippen LogP contribution in [-0.4, -0.2) is 54.0 Å². The van der Waals surface area contributed by atoms with Crippen molar-refractivity contribution in [1.82, 2.24) is 14.5 Å². The maximum absolute atomic E-state index is 13.9. The molecule has 42 heavy (non-hydrogen) atoms. The topological polar surface area (TPSA) is 104 Å². The van der Waals surface area contributed by atoms with Crippen LogP contribution in [0.4, 0.5) is 0 Å². The van der Waals surface area contributed by atoms with Gasteiger partial charge in [-0.05, 0) is 54.7 Å². The summed E-state index contributed by atoms with van der Waals surface area (Å²) in [6.45, 7) is 0.0966. The number of halogens is 1. The van der Waals surface area contributed by atoms with E-state index in [9.17, 15) is 22.8 Å². The van der Waals surface area contributed by atoms with E-state index in [2.05, 4.69) is 21.2 Å². The monoisotopic (exact) mass is 651 g/mol. The van der Waals surface area contributed by atoms with E-state index in [1.54, 1.807) is 17.0 Å². The highest BCUT2D eigenvalue weighted by Gasteiger charge is 2.40. The fourth-order valence-electron chi connectivity index (χ4n) is 5.68. The Kier molecular flexibility index (Phi) is 9.43. The van der Waals surface area contributed by atoms with E-state index < -0.39 is 22.0 Å². The maximum Gasteiger partial charge on any atom is 0.269 e. The second-order valence-corrected chi connectivity index (χ2v) is 13.6. The minimum Gasteiger partial charge on any atom is -0.352 e. The fraction of sp³-hybridized carbons (Fsp3) is 0.344. The average Bonchev–Trinajstić information content (AvgIpc) is 3.57. The Hall–Kier alpha value is -3.50. The van der Waals surface area contributed by atoms with Crippen LogP contribution in [0.1, 0.15) is 60.0 Å². The molecule has 5 rings (SSSR count). The lowest BCUT2D eigenvalue weighted by atomic mass is 10.0. The van der Waals surface area contributed by atoms with Crippen LogP contribution in [0.5, 0.6) is 0 Å². The Labute approximate surface area is 255 Å². The highest BCUT2D eigenvalue weighted by molar-refractivity contribution is 9.10. The summed E-state index contributed by atoms with van der Waals surface area (Å²) in [6.07, 6.45) is 4.44. The molecule has 3 aromatic rings. The van der Waals surface area contributed by atoms with Gasteiger partial charge in [-0.2, -0.15) is 0 Å². The number of carbonyl (C=O) groups excluding carboxylic acids is 3. The second kappa shape index (κ2) is 13.2. The van der Waals surface area contributed by atoms with Gasteiger partial charge in [-0.1, -0.05) is 83.4 Å². The molecule has 0 aromatic heterocycles. The van der Waals surface area contributed by atoms with Crippen LogP contribution in [-0.2, 0) is 32.6 Å². The summed E-state index contributed by atoms with van der Waals surface area (Å²) in [5, 5.41) is 3.18. The van der Waals surface area contributed by atoms with Gasteiger partial charge in [0.05, 0.1) is 5.56 Å². The van der Waals surface area contributed by atoms with Crippen LogP contribution in [0, 0.1) is 0 Å². The van der Waals surface area contributed by atoms with Crippen molar-refractivity contribution >= 4 is 43.7 Å². The molecule has 10 heteroatoms. The minimum absolute atomic E-state index is 0.00954. The van der Waals surface area contributed by atoms with Crippen molar-refractivity contribution in [3.05, 3.63) is 100 Å². The third kappa shape index (κ3) is 6.76. The lowest BCUT2D eigenvalue weighted by Crippen LogP contribution is -2.52. The molecule has 1 aliphatic carbocycles. The quantitative estimate of drug-likeness (QED) is 0.312. The van der Waals surface area contributed by atoms with Crippen LogP contribution >= 0.6 is 15.9 Å². The highest BCUT2D eigenvalue weighted by Crippen LogP contribution is 2.30. The predicted molar refractivity (Wildman–Crippen MR) is 163 cm³/mol. The molecule has 0 unspecified atom stereocenters. The predicted octanol–water partition coefficient (Wildman–Crippen LogP) is 5.07. The lowest BCUT2D eigenvalue weighted by Gasteiger charge is -2.32. The minimum atomic E-state index is -3.96. The summed E-state index contributed by atoms with van der Waals surface area (Å²) < 4.78 is 27.7. The molecular formula is C32H34BrN3O5S. The number of hydrogen-bond donors (Lipinski definition) is 1. The average molecular weight is 653 g/mol. The molecule has 220 valence electrons. The Morgan fingerprint density at radius 2 is 1.60 bits per heavy atom. The molecule has 3 aromatic carbocycles. The van der Waals surface area contributed by atoms with Crippen molar-refractivity contribution in [3.8, 4) is 0 Å². The third-order valence-corrected chi connectivity index (χ3v) is 10.3. The first kappa shape index (κ1) is 30.0. The highest BCUT2D eigenvalue weighted by atomic mass is 79.9. The summed E-state index contributed by atoms with van der Waals surface area (Å²) in [5.74, 6) is -1.05. The molecule has 2 aliphatic rings. The molecule has 1 atom stereocenters. The van der Waals surface area contributed by atoms with Crippen molar-refractivity contribution in [2.24, 2.45) is 0 Å². The number of hydrogen-bond acceptors (Lipinski definition) is 5. The SMILES string of the molecule is O=C(NC1CCCC1)[C@H](Cc1ccccc1)N(Cc1ccc(Br)cc1)C(=O)CCCN1C(=O)c2ccccc2S1(=O)=O. The van der Waals surface area contributed by atoms with Crippen LogP contribution < -0.4 is 5.32 Å². The molecule has 1 saturated carbocycles. The van der Waals surface area contributed by atoms with E-state index in [0.29, 0.717) is 6.42 Å². The van der Waals surface area contributed by atoms with Crippen molar-refractivity contribution < 1.29 is 22.8 Å². The number of nitrogens with one attached hydrogen (secondary N) is 1. The largest absolute Gasteiger partial charge is 0.352 e. The second-order valence-electron chi connectivity index (χ2n) is 10.8. The summed E-state index contributed by atoms with van der Waals surface area (Å²) in [4.78, 5) is 42.1. The summed E-state index contributed by atoms with van der Waals surface area (Å²) in [5.41, 5.74) is 1.95. The fourth-order valence-corrected chi connectivity index (χ4v) is 7.55. The van der Waals surface area contributed by atoms with Gasteiger partial charge in [0.15, 0.2) is 0 Å². The van der Waals surface area contributed by atoms with Crippen molar-refractivity contribution in [1.29, 1.82) is 0 Å². The zero-order valence-electron chi connectivity index (χ0n) is 23.2. The van der Waals surface area contributed by atoms with Crippen LogP contribution in [0.25, 0.3) is 0 Å². The number of sulfonamides is 1. The first-order valence-electron chi connectivity index (χ1n) is 14.3. The van der Waals surface area contributed by atoms with Gasteiger partial charge in [0.2, 0.25) is 11.8 Å². The zero-order valence-corrected chi connectivity index (χ0v) is 25.6. The van der Waals surface area contributed by atoms with Crippen molar-refractivity contribution in [3.63, 3.8) is 0 Å². The van der Waals surface area contributed by atoms with E-state index in [0.717, 1.165) is 45.6 Å². The van der Waals surface area contributed by atoms with Gasteiger partial charge in [0.1, 0.15) is 10.9 Å². The normalized spacial score (nSPS) is 16.7. The first-order valence-corrected chi connectivity index (χ1v) is 16.5. The Morgan fingerprint density at radius 1 is 0.929 bits per heavy atom. The number of rotatable bonds is 11. The smallest absolute Gasteiger partial charge is 0.269 e. The van der Waals surface area contributed by atoms with Gasteiger partial charge >= 0.3 is 0 Å². The van der Waals surface area contributed by atoms with E-state index in [4.69, 9.17) is 0 Å². The lowest BCUT2D eigenvalue weighted by molar-refractivity contribution is -0.141. The summed E-state index contributed by atoms with van der Waals surface area (Å²) >= 11 is 3.45. The van der Waals surface area contributed by atoms with E-state index >= 15 is 0 Å². The van der Waals surface area contributed by atoms with Crippen LogP contribution in [0.2, 0.25) is 0 Å². The number of nitrogens with zero attached hydrogens (tertiary/aromatic N) is 2. The van der Waals surface area contributed by atoms with Crippen LogP contribution in [0.3, 0.4) is 0 Å². The summed E-state index contributed by atoms with van der Waals surface area (Å²) in [6, 6.07) is 22.7. The summed E-state index contributed by atoms with van der Waals surface area (Å²) in [7, 11) is -3.96. The molecule has 1 fully saturated rings. The van der Waals surface area contributed by atoms with Gasteiger partial charge in [-0.3, -0.25) is 14.4 Å².